The first-order valence-electron chi connectivity index (χ1n) is 7.10. The molecule has 0 bridgehead atoms. The highest BCUT2D eigenvalue weighted by Gasteiger charge is 2.21. The van der Waals surface area contributed by atoms with Crippen molar-refractivity contribution in [2.75, 3.05) is 13.1 Å². The van der Waals surface area contributed by atoms with E-state index in [-0.39, 0.29) is 12.4 Å². The molecule has 10 nitrogen and oxygen atoms in total. The van der Waals surface area contributed by atoms with Crippen LogP contribution < -0.4 is 28.1 Å². The van der Waals surface area contributed by atoms with Crippen LogP contribution in [0.25, 0.3) is 0 Å². The molecule has 0 aromatic heterocycles. The summed E-state index contributed by atoms with van der Waals surface area (Å²) in [6.07, 6.45) is 2.43. The minimum atomic E-state index is -1.08. The van der Waals surface area contributed by atoms with Crippen molar-refractivity contribution in [1.82, 2.24) is 10.9 Å². The summed E-state index contributed by atoms with van der Waals surface area (Å²) in [4.78, 5) is 26.0. The number of nitrogens with two attached hydrogens (primary N) is 3. The third-order valence-electron chi connectivity index (χ3n) is 2.92. The molecule has 0 heterocycles. The highest BCUT2D eigenvalue weighted by molar-refractivity contribution is 5.76. The normalized spacial score (nSPS) is 13.3. The predicted octanol–water partition coefficient (Wildman–Crippen LogP) is -1.83. The topological polar surface area (TPSA) is 189 Å². The van der Waals surface area contributed by atoms with E-state index in [4.69, 9.17) is 27.4 Å². The van der Waals surface area contributed by atoms with E-state index in [0.29, 0.717) is 38.8 Å². The average Bonchev–Trinajstić information content (AvgIpc) is 2.43. The van der Waals surface area contributed by atoms with Crippen LogP contribution in [0.2, 0.25) is 0 Å². The predicted molar refractivity (Wildman–Crippen MR) is 81.9 cm³/mol. The van der Waals surface area contributed by atoms with Gasteiger partial charge in [0.1, 0.15) is 12.1 Å². The number of guanidine groups is 1. The van der Waals surface area contributed by atoms with Gasteiger partial charge in [-0.25, -0.2) is 10.9 Å². The van der Waals surface area contributed by atoms with Crippen LogP contribution in [0, 0.1) is 0 Å². The van der Waals surface area contributed by atoms with Crippen LogP contribution in [0.5, 0.6) is 0 Å². The van der Waals surface area contributed by atoms with E-state index in [2.05, 4.69) is 15.8 Å². The second-order valence-corrected chi connectivity index (χ2v) is 4.80. The first kappa shape index (κ1) is 20.1. The largest absolute Gasteiger partial charge is 0.480 e. The van der Waals surface area contributed by atoms with E-state index in [9.17, 15) is 9.59 Å². The summed E-state index contributed by atoms with van der Waals surface area (Å²) in [5.74, 6) is -2.18. The molecule has 0 radical (unpaired) electrons. The lowest BCUT2D eigenvalue weighted by molar-refractivity contribution is -0.143. The van der Waals surface area contributed by atoms with Gasteiger partial charge in [-0.3, -0.25) is 14.6 Å². The number of rotatable bonds is 13. The second-order valence-electron chi connectivity index (χ2n) is 4.80. The Bertz CT molecular complexity index is 373. The van der Waals surface area contributed by atoms with Gasteiger partial charge in [-0.15, -0.1) is 0 Å². The first-order chi connectivity index (χ1) is 10.4. The Labute approximate surface area is 129 Å². The van der Waals surface area contributed by atoms with Crippen LogP contribution in [-0.4, -0.2) is 53.3 Å². The molecule has 0 unspecified atom stereocenters. The van der Waals surface area contributed by atoms with Crippen molar-refractivity contribution in [3.8, 4) is 0 Å². The van der Waals surface area contributed by atoms with Gasteiger partial charge in [0.2, 0.25) is 0 Å². The average molecular weight is 318 g/mol. The Morgan fingerprint density at radius 2 is 1.45 bits per heavy atom. The summed E-state index contributed by atoms with van der Waals surface area (Å²) in [7, 11) is 0. The van der Waals surface area contributed by atoms with E-state index in [1.807, 2.05) is 0 Å². The maximum atomic E-state index is 11.1. The molecule has 0 aromatic rings. The Morgan fingerprint density at radius 1 is 0.955 bits per heavy atom. The molecule has 10 N–H and O–H groups in total. The van der Waals surface area contributed by atoms with Gasteiger partial charge in [-0.05, 0) is 38.6 Å². The van der Waals surface area contributed by atoms with Crippen molar-refractivity contribution in [2.45, 2.75) is 44.2 Å². The molecule has 128 valence electrons. The van der Waals surface area contributed by atoms with Gasteiger partial charge in [0.15, 0.2) is 5.96 Å². The molecule has 0 aliphatic carbocycles. The number of nitrogens with one attached hydrogen (secondary N) is 2. The van der Waals surface area contributed by atoms with Crippen LogP contribution in [-0.2, 0) is 9.59 Å². The molecular formula is C12H26N6O4. The van der Waals surface area contributed by atoms with Gasteiger partial charge in [-0.1, -0.05) is 0 Å². The summed E-state index contributed by atoms with van der Waals surface area (Å²) in [6.45, 7) is 0.801. The van der Waals surface area contributed by atoms with E-state index in [0.717, 1.165) is 0 Å². The minimum absolute atomic E-state index is 0.0520. The van der Waals surface area contributed by atoms with Crippen LogP contribution in [0.1, 0.15) is 32.1 Å². The number of aliphatic imine (C=N–C) groups is 1. The molecule has 0 saturated carbocycles. The third-order valence-corrected chi connectivity index (χ3v) is 2.92. The number of hydrogen-bond donors (Lipinski definition) is 7. The Hall–Kier alpha value is -1.91. The zero-order chi connectivity index (χ0) is 17.0. The zero-order valence-electron chi connectivity index (χ0n) is 12.5. The fourth-order valence-corrected chi connectivity index (χ4v) is 1.71. The van der Waals surface area contributed by atoms with Gasteiger partial charge in [0.25, 0.3) is 0 Å². The number of aliphatic carboxylic acids is 2. The first-order valence-corrected chi connectivity index (χ1v) is 7.10. The van der Waals surface area contributed by atoms with Crippen molar-refractivity contribution in [3.05, 3.63) is 0 Å². The summed E-state index contributed by atoms with van der Waals surface area (Å²) < 4.78 is 0. The standard InChI is InChI=1S/C12H26N6O4/c13-6-2-1-4-8(10(19)20)17-18-9(11(21)22)5-3-7-16-12(14)15/h8-9,17-18H,1-7,13H2,(H,19,20)(H,21,22)(H4,14,15,16)/t8-,9-/m0/s1. The van der Waals surface area contributed by atoms with E-state index >= 15 is 0 Å². The number of nitrogens with zero attached hydrogens (tertiary/aromatic N) is 1. The van der Waals surface area contributed by atoms with Crippen LogP contribution in [0.3, 0.4) is 0 Å². The van der Waals surface area contributed by atoms with Crippen molar-refractivity contribution in [2.24, 2.45) is 22.2 Å². The summed E-state index contributed by atoms with van der Waals surface area (Å²) in [5.41, 5.74) is 20.8. The SMILES string of the molecule is NCCCC[C@H](NN[C@@H](CCCN=C(N)N)C(=O)O)C(=O)O. The molecule has 0 aliphatic rings. The molecule has 0 rings (SSSR count). The molecule has 0 aliphatic heterocycles. The minimum Gasteiger partial charge on any atom is -0.480 e. The van der Waals surface area contributed by atoms with Crippen molar-refractivity contribution in [1.29, 1.82) is 0 Å². The molecule has 10 heteroatoms. The molecule has 2 atom stereocenters. The Balaban J connectivity index is 4.26. The van der Waals surface area contributed by atoms with E-state index in [1.54, 1.807) is 0 Å². The number of hydrazine groups is 1. The monoisotopic (exact) mass is 318 g/mol. The van der Waals surface area contributed by atoms with Gasteiger partial charge >= 0.3 is 11.9 Å². The van der Waals surface area contributed by atoms with Crippen LogP contribution in [0.4, 0.5) is 0 Å². The maximum Gasteiger partial charge on any atom is 0.322 e. The maximum absolute atomic E-state index is 11.1. The van der Waals surface area contributed by atoms with E-state index < -0.39 is 24.0 Å². The molecule has 0 spiro atoms. The number of carbonyl (C=O) groups is 2. The second kappa shape index (κ2) is 11.7. The van der Waals surface area contributed by atoms with Crippen LogP contribution >= 0.6 is 0 Å². The van der Waals surface area contributed by atoms with Gasteiger partial charge < -0.3 is 27.4 Å². The fourth-order valence-electron chi connectivity index (χ4n) is 1.71. The molecule has 0 saturated heterocycles. The lowest BCUT2D eigenvalue weighted by Crippen LogP contribution is -2.52. The number of hydrogen-bond acceptors (Lipinski definition) is 6. The fraction of sp³-hybridized carbons (Fsp3) is 0.750. The van der Waals surface area contributed by atoms with Crippen molar-refractivity contribution in [3.63, 3.8) is 0 Å². The van der Waals surface area contributed by atoms with Gasteiger partial charge in [0.05, 0.1) is 0 Å². The molecule has 22 heavy (non-hydrogen) atoms. The third kappa shape index (κ3) is 9.91. The van der Waals surface area contributed by atoms with E-state index in [1.165, 1.54) is 0 Å². The van der Waals surface area contributed by atoms with Crippen LogP contribution in [0.15, 0.2) is 4.99 Å². The summed E-state index contributed by atoms with van der Waals surface area (Å²) in [5, 5.41) is 18.2. The number of carboxylic acids is 2. The van der Waals surface area contributed by atoms with Crippen molar-refractivity contribution >= 4 is 17.9 Å². The molecular weight excluding hydrogens is 292 g/mol. The Kier molecular flexibility index (Phi) is 10.7. The zero-order valence-corrected chi connectivity index (χ0v) is 12.5. The molecule has 0 amide bonds. The number of unbranched alkanes of at least 4 members (excludes halogenated alkanes) is 1. The quantitative estimate of drug-likeness (QED) is 0.0886. The van der Waals surface area contributed by atoms with Gasteiger partial charge in [0, 0.05) is 6.54 Å². The highest BCUT2D eigenvalue weighted by Crippen LogP contribution is 2.02. The Morgan fingerprint density at radius 3 is 1.86 bits per heavy atom. The molecule has 0 fully saturated rings. The smallest absolute Gasteiger partial charge is 0.322 e. The lowest BCUT2D eigenvalue weighted by Gasteiger charge is -2.19. The lowest BCUT2D eigenvalue weighted by atomic mass is 10.1. The van der Waals surface area contributed by atoms with Crippen molar-refractivity contribution < 1.29 is 19.8 Å². The molecule has 0 aromatic carbocycles. The summed E-state index contributed by atoms with van der Waals surface area (Å²) in [6, 6.07) is -1.79. The summed E-state index contributed by atoms with van der Waals surface area (Å²) >= 11 is 0. The number of carboxylic acid groups (broad SMARTS) is 2. The highest BCUT2D eigenvalue weighted by atomic mass is 16.4. The van der Waals surface area contributed by atoms with Gasteiger partial charge in [-0.2, -0.15) is 0 Å².